The van der Waals surface area contributed by atoms with E-state index in [1.54, 1.807) is 11.3 Å². The summed E-state index contributed by atoms with van der Waals surface area (Å²) in [5, 5.41) is 8.08. The zero-order chi connectivity index (χ0) is 20.4. The fourth-order valence-corrected chi connectivity index (χ4v) is 5.64. The monoisotopic (exact) mass is 432 g/mol. The maximum Gasteiger partial charge on any atom is 0.216 e. The molecule has 0 amide bonds. The second kappa shape index (κ2) is 8.35. The summed E-state index contributed by atoms with van der Waals surface area (Å²) < 4.78 is 32.7. The van der Waals surface area contributed by atoms with Gasteiger partial charge in [-0.25, -0.2) is 18.4 Å². The second-order valence-electron chi connectivity index (χ2n) is 7.24. The molecule has 1 aliphatic heterocycles. The number of para-hydroxylation sites is 1. The fourth-order valence-electron chi connectivity index (χ4n) is 3.52. The highest BCUT2D eigenvalue weighted by Gasteiger charge is 2.30. The van der Waals surface area contributed by atoms with E-state index < -0.39 is 10.0 Å². The number of aromatic nitrogens is 2. The van der Waals surface area contributed by atoms with E-state index in [4.69, 9.17) is 4.74 Å². The Hall–Kier alpha value is -2.07. The largest absolute Gasteiger partial charge is 0.373 e. The molecule has 0 aliphatic carbocycles. The van der Waals surface area contributed by atoms with E-state index in [1.165, 1.54) is 4.31 Å². The number of nitrogens with one attached hydrogen (secondary N) is 1. The predicted molar refractivity (Wildman–Crippen MR) is 117 cm³/mol. The number of sulfonamides is 1. The number of nitrogens with zero attached hydrogens (tertiary/aromatic N) is 3. The summed E-state index contributed by atoms with van der Waals surface area (Å²) in [6, 6.07) is 9.71. The van der Waals surface area contributed by atoms with E-state index in [1.807, 2.05) is 54.9 Å². The minimum Gasteiger partial charge on any atom is -0.373 e. The van der Waals surface area contributed by atoms with Crippen molar-refractivity contribution in [3.8, 4) is 11.4 Å². The standard InChI is InChI=1S/C20H24N4O3S2/c1-14-11-24(12-15(2)27-14)29(25,26)10-8-21-20-17-5-3-4-6-18(17)22-19(23-20)16-7-9-28-13-16/h3-7,9,13-15H,8,10-12H2,1-2H3,(H,21,22,23)/t14-,15-/m0/s1. The lowest BCUT2D eigenvalue weighted by Gasteiger charge is -2.34. The van der Waals surface area contributed by atoms with Crippen molar-refractivity contribution in [3.63, 3.8) is 0 Å². The Morgan fingerprint density at radius 3 is 2.66 bits per heavy atom. The van der Waals surface area contributed by atoms with Gasteiger partial charge >= 0.3 is 0 Å². The molecule has 2 atom stereocenters. The first-order valence-corrected chi connectivity index (χ1v) is 12.1. The zero-order valence-corrected chi connectivity index (χ0v) is 18.0. The average Bonchev–Trinajstić information content (AvgIpc) is 3.22. The summed E-state index contributed by atoms with van der Waals surface area (Å²) in [5.74, 6) is 1.28. The summed E-state index contributed by atoms with van der Waals surface area (Å²) >= 11 is 1.59. The van der Waals surface area contributed by atoms with Crippen LogP contribution in [-0.4, -0.2) is 60.3 Å². The van der Waals surface area contributed by atoms with Crippen molar-refractivity contribution in [3.05, 3.63) is 41.1 Å². The van der Waals surface area contributed by atoms with Gasteiger partial charge in [0, 0.05) is 36.0 Å². The number of benzene rings is 1. The van der Waals surface area contributed by atoms with Crippen LogP contribution in [0.4, 0.5) is 5.82 Å². The van der Waals surface area contributed by atoms with Crippen LogP contribution in [0.5, 0.6) is 0 Å². The smallest absolute Gasteiger partial charge is 0.216 e. The lowest BCUT2D eigenvalue weighted by Crippen LogP contribution is -2.49. The molecule has 0 bridgehead atoms. The average molecular weight is 433 g/mol. The van der Waals surface area contributed by atoms with Gasteiger partial charge in [-0.05, 0) is 37.4 Å². The highest BCUT2D eigenvalue weighted by molar-refractivity contribution is 7.89. The number of thiophene rings is 1. The summed E-state index contributed by atoms with van der Waals surface area (Å²) in [7, 11) is -3.38. The first-order valence-electron chi connectivity index (χ1n) is 9.59. The van der Waals surface area contributed by atoms with Crippen LogP contribution in [0.25, 0.3) is 22.3 Å². The van der Waals surface area contributed by atoms with Gasteiger partial charge in [0.15, 0.2) is 5.82 Å². The second-order valence-corrected chi connectivity index (χ2v) is 10.1. The van der Waals surface area contributed by atoms with Crippen molar-refractivity contribution < 1.29 is 13.2 Å². The van der Waals surface area contributed by atoms with Gasteiger partial charge in [0.05, 0.1) is 23.5 Å². The lowest BCUT2D eigenvalue weighted by molar-refractivity contribution is -0.0440. The molecule has 1 aliphatic rings. The molecular formula is C20H24N4O3S2. The van der Waals surface area contributed by atoms with Crippen LogP contribution in [-0.2, 0) is 14.8 Å². The minimum atomic E-state index is -3.38. The van der Waals surface area contributed by atoms with Crippen molar-refractivity contribution in [2.45, 2.75) is 26.1 Å². The Labute approximate surface area is 174 Å². The normalized spacial score (nSPS) is 20.8. The molecule has 3 aromatic rings. The molecule has 1 saturated heterocycles. The molecule has 4 rings (SSSR count). The van der Waals surface area contributed by atoms with Gasteiger partial charge in [0.25, 0.3) is 0 Å². The van der Waals surface area contributed by atoms with Crippen LogP contribution in [0, 0.1) is 0 Å². The highest BCUT2D eigenvalue weighted by Crippen LogP contribution is 2.26. The van der Waals surface area contributed by atoms with Crippen molar-refractivity contribution in [1.29, 1.82) is 0 Å². The molecule has 0 radical (unpaired) electrons. The van der Waals surface area contributed by atoms with Gasteiger partial charge < -0.3 is 10.1 Å². The molecule has 2 aromatic heterocycles. The molecule has 7 nitrogen and oxygen atoms in total. The molecular weight excluding hydrogens is 408 g/mol. The Bertz CT molecular complexity index is 1080. The highest BCUT2D eigenvalue weighted by atomic mass is 32.2. The first-order chi connectivity index (χ1) is 13.9. The molecule has 1 N–H and O–H groups in total. The van der Waals surface area contributed by atoms with Crippen LogP contribution >= 0.6 is 11.3 Å². The minimum absolute atomic E-state index is 0.00143. The number of hydrogen-bond acceptors (Lipinski definition) is 7. The first kappa shape index (κ1) is 20.2. The van der Waals surface area contributed by atoms with E-state index in [2.05, 4.69) is 15.3 Å². The third kappa shape index (κ3) is 4.58. The van der Waals surface area contributed by atoms with Crippen molar-refractivity contribution in [1.82, 2.24) is 14.3 Å². The van der Waals surface area contributed by atoms with Gasteiger partial charge in [-0.2, -0.15) is 15.6 Å². The van der Waals surface area contributed by atoms with E-state index in [0.717, 1.165) is 16.5 Å². The molecule has 0 spiro atoms. The third-order valence-electron chi connectivity index (χ3n) is 4.81. The molecule has 0 saturated carbocycles. The van der Waals surface area contributed by atoms with Crippen molar-refractivity contribution in [2.75, 3.05) is 30.7 Å². The Kier molecular flexibility index (Phi) is 5.82. The van der Waals surface area contributed by atoms with Crippen LogP contribution in [0.15, 0.2) is 41.1 Å². The van der Waals surface area contributed by atoms with E-state index in [-0.39, 0.29) is 24.5 Å². The summed E-state index contributed by atoms with van der Waals surface area (Å²) in [6.07, 6.45) is -0.194. The van der Waals surface area contributed by atoms with Crippen LogP contribution in [0.1, 0.15) is 13.8 Å². The van der Waals surface area contributed by atoms with Gasteiger partial charge in [0.2, 0.25) is 10.0 Å². The number of rotatable bonds is 6. The molecule has 154 valence electrons. The predicted octanol–water partition coefficient (Wildman–Crippen LogP) is 3.21. The van der Waals surface area contributed by atoms with Crippen LogP contribution in [0.3, 0.4) is 0 Å². The van der Waals surface area contributed by atoms with Gasteiger partial charge in [-0.3, -0.25) is 0 Å². The Morgan fingerprint density at radius 1 is 1.17 bits per heavy atom. The SMILES string of the molecule is C[C@H]1CN(S(=O)(=O)CCNc2nc(-c3ccsc3)nc3ccccc23)C[C@H](C)O1. The Morgan fingerprint density at radius 2 is 1.93 bits per heavy atom. The molecule has 1 aromatic carbocycles. The van der Waals surface area contributed by atoms with E-state index in [0.29, 0.717) is 24.7 Å². The topological polar surface area (TPSA) is 84.4 Å². The molecule has 0 unspecified atom stereocenters. The van der Waals surface area contributed by atoms with Gasteiger partial charge in [-0.15, -0.1) is 0 Å². The number of ether oxygens (including phenoxy) is 1. The van der Waals surface area contributed by atoms with Crippen LogP contribution in [0.2, 0.25) is 0 Å². The van der Waals surface area contributed by atoms with E-state index >= 15 is 0 Å². The maximum atomic E-state index is 12.8. The number of anilines is 1. The zero-order valence-electron chi connectivity index (χ0n) is 16.4. The molecule has 1 fully saturated rings. The Balaban J connectivity index is 1.52. The van der Waals surface area contributed by atoms with Gasteiger partial charge in [-0.1, -0.05) is 12.1 Å². The molecule has 29 heavy (non-hydrogen) atoms. The molecule has 3 heterocycles. The number of fused-ring (bicyclic) bond motifs is 1. The maximum absolute atomic E-state index is 12.8. The van der Waals surface area contributed by atoms with Gasteiger partial charge in [0.1, 0.15) is 5.82 Å². The van der Waals surface area contributed by atoms with E-state index in [9.17, 15) is 8.42 Å². The quantitative estimate of drug-likeness (QED) is 0.644. The summed E-state index contributed by atoms with van der Waals surface area (Å²) in [4.78, 5) is 9.30. The summed E-state index contributed by atoms with van der Waals surface area (Å²) in [5.41, 5.74) is 1.78. The number of hydrogen-bond donors (Lipinski definition) is 1. The lowest BCUT2D eigenvalue weighted by atomic mass is 10.2. The third-order valence-corrected chi connectivity index (χ3v) is 7.30. The fraction of sp³-hybridized carbons (Fsp3) is 0.400. The summed E-state index contributed by atoms with van der Waals surface area (Å²) in [6.45, 7) is 4.86. The number of morpholine rings is 1. The molecule has 9 heteroatoms. The van der Waals surface area contributed by atoms with Crippen molar-refractivity contribution in [2.24, 2.45) is 0 Å². The van der Waals surface area contributed by atoms with Crippen molar-refractivity contribution >= 4 is 38.1 Å². The van der Waals surface area contributed by atoms with Crippen LogP contribution < -0.4 is 5.32 Å².